The van der Waals surface area contributed by atoms with E-state index in [1.54, 1.807) is 7.11 Å². The molecule has 30 heavy (non-hydrogen) atoms. The van der Waals surface area contributed by atoms with Crippen molar-refractivity contribution >= 4 is 11.9 Å². The zero-order valence-electron chi connectivity index (χ0n) is 21.7. The molecule has 3 heteroatoms. The van der Waals surface area contributed by atoms with Crippen LogP contribution in [0.4, 0.5) is 5.69 Å². The fraction of sp³-hybridized carbons (Fsp3) is 0.519. The summed E-state index contributed by atoms with van der Waals surface area (Å²) in [5.74, 6) is 0.883. The third-order valence-electron chi connectivity index (χ3n) is 4.62. The van der Waals surface area contributed by atoms with Gasteiger partial charge in [0.25, 0.3) is 0 Å². The third-order valence-corrected chi connectivity index (χ3v) is 4.62. The Balaban J connectivity index is 0. The molecule has 0 aliphatic heterocycles. The van der Waals surface area contributed by atoms with Crippen LogP contribution in [0.3, 0.4) is 0 Å². The van der Waals surface area contributed by atoms with Gasteiger partial charge in [-0.15, -0.1) is 0 Å². The van der Waals surface area contributed by atoms with E-state index in [0.717, 1.165) is 41.2 Å². The van der Waals surface area contributed by atoms with Crippen LogP contribution in [0.5, 0.6) is 5.75 Å². The van der Waals surface area contributed by atoms with Crippen molar-refractivity contribution in [3.8, 4) is 5.75 Å². The Morgan fingerprint density at radius 1 is 1.07 bits per heavy atom. The van der Waals surface area contributed by atoms with E-state index in [1.165, 1.54) is 16.7 Å². The molecular weight excluding hydrogens is 368 g/mol. The van der Waals surface area contributed by atoms with Crippen molar-refractivity contribution < 1.29 is 4.74 Å². The van der Waals surface area contributed by atoms with Gasteiger partial charge in [-0.25, -0.2) is 0 Å². The lowest BCUT2D eigenvalue weighted by molar-refractivity contribution is 0.412. The fourth-order valence-corrected chi connectivity index (χ4v) is 2.74. The SMILES string of the molecule is C/C=C\C(Nc1c(C)ccc(OC)c1C)=C(\N=CCC)C(C)=C(C)CC.CC.CC. The van der Waals surface area contributed by atoms with Gasteiger partial charge in [0.1, 0.15) is 5.75 Å². The van der Waals surface area contributed by atoms with Crippen molar-refractivity contribution in [3.05, 3.63) is 58.0 Å². The maximum atomic E-state index is 5.50. The molecule has 3 nitrogen and oxygen atoms in total. The maximum absolute atomic E-state index is 5.50. The van der Waals surface area contributed by atoms with Crippen molar-refractivity contribution in [1.29, 1.82) is 0 Å². The van der Waals surface area contributed by atoms with Gasteiger partial charge in [-0.05, 0) is 70.7 Å². The van der Waals surface area contributed by atoms with Gasteiger partial charge in [-0.3, -0.25) is 4.99 Å². The lowest BCUT2D eigenvalue weighted by Gasteiger charge is -2.19. The number of hydrogen-bond donors (Lipinski definition) is 1. The zero-order chi connectivity index (χ0) is 23.7. The van der Waals surface area contributed by atoms with E-state index < -0.39 is 0 Å². The predicted octanol–water partition coefficient (Wildman–Crippen LogP) is 8.79. The molecule has 1 aromatic rings. The molecule has 170 valence electrons. The smallest absolute Gasteiger partial charge is 0.123 e. The molecule has 0 aliphatic rings. The molecule has 0 saturated carbocycles. The predicted molar refractivity (Wildman–Crippen MR) is 138 cm³/mol. The van der Waals surface area contributed by atoms with E-state index in [9.17, 15) is 0 Å². The monoisotopic (exact) mass is 414 g/mol. The molecule has 0 radical (unpaired) electrons. The van der Waals surface area contributed by atoms with E-state index in [-0.39, 0.29) is 0 Å². The summed E-state index contributed by atoms with van der Waals surface area (Å²) in [6.45, 7) is 22.8. The summed E-state index contributed by atoms with van der Waals surface area (Å²) >= 11 is 0. The molecule has 1 rings (SSSR count). The quantitative estimate of drug-likeness (QED) is 0.340. The first kappa shape index (κ1) is 29.9. The second-order valence-electron chi connectivity index (χ2n) is 6.45. The Bertz CT molecular complexity index is 737. The average molecular weight is 415 g/mol. The summed E-state index contributed by atoms with van der Waals surface area (Å²) in [6.07, 6.45) is 8.02. The van der Waals surface area contributed by atoms with Gasteiger partial charge in [-0.1, -0.05) is 59.3 Å². The number of nitrogens with zero attached hydrogens (tertiary/aromatic N) is 1. The first-order chi connectivity index (χ1) is 14.4. The Hall–Kier alpha value is -2.29. The number of benzene rings is 1. The number of hydrogen-bond acceptors (Lipinski definition) is 3. The van der Waals surface area contributed by atoms with E-state index in [0.29, 0.717) is 0 Å². The van der Waals surface area contributed by atoms with Crippen LogP contribution >= 0.6 is 0 Å². The number of methoxy groups -OCH3 is 1. The Kier molecular flexibility index (Phi) is 17.5. The number of aryl methyl sites for hydroxylation is 1. The number of aliphatic imine (C=N–C) groups is 1. The van der Waals surface area contributed by atoms with Gasteiger partial charge in [0.15, 0.2) is 0 Å². The van der Waals surface area contributed by atoms with E-state index in [4.69, 9.17) is 9.73 Å². The van der Waals surface area contributed by atoms with E-state index >= 15 is 0 Å². The summed E-state index contributed by atoms with van der Waals surface area (Å²) in [4.78, 5) is 4.78. The molecule has 0 amide bonds. The molecule has 0 atom stereocenters. The molecule has 0 spiro atoms. The minimum Gasteiger partial charge on any atom is -0.496 e. The van der Waals surface area contributed by atoms with Crippen LogP contribution in [0.1, 0.15) is 86.3 Å². The summed E-state index contributed by atoms with van der Waals surface area (Å²) in [7, 11) is 1.71. The standard InChI is InChI=1S/C23H34N2O.2C2H6/c1-9-12-20(23(24-15-10-2)18(6)16(4)11-3)25-22-17(5)13-14-21(26-8)19(22)7;2*1-2/h9,12-15,25H,10-11H2,1-8H3;2*1-2H3/b12-9-,18-16?,23-20-,24-15?;;. The van der Waals surface area contributed by atoms with Gasteiger partial charge in [-0.2, -0.15) is 0 Å². The van der Waals surface area contributed by atoms with Crippen LogP contribution in [0.2, 0.25) is 0 Å². The summed E-state index contributed by atoms with van der Waals surface area (Å²) < 4.78 is 5.50. The van der Waals surface area contributed by atoms with Gasteiger partial charge in [0, 0.05) is 17.5 Å². The topological polar surface area (TPSA) is 33.6 Å². The summed E-state index contributed by atoms with van der Waals surface area (Å²) in [6, 6.07) is 4.09. The number of ether oxygens (including phenoxy) is 1. The number of anilines is 1. The normalized spacial score (nSPS) is 12.4. The molecule has 0 fully saturated rings. The van der Waals surface area contributed by atoms with Crippen LogP contribution in [0.15, 0.2) is 51.8 Å². The highest BCUT2D eigenvalue weighted by atomic mass is 16.5. The third kappa shape index (κ3) is 9.02. The van der Waals surface area contributed by atoms with Crippen LogP contribution in [0.25, 0.3) is 0 Å². The highest BCUT2D eigenvalue weighted by Gasteiger charge is 2.13. The largest absolute Gasteiger partial charge is 0.496 e. The lowest BCUT2D eigenvalue weighted by Crippen LogP contribution is -2.06. The van der Waals surface area contributed by atoms with Crippen molar-refractivity contribution in [3.63, 3.8) is 0 Å². The minimum atomic E-state index is 0.883. The van der Waals surface area contributed by atoms with Gasteiger partial charge < -0.3 is 10.1 Å². The van der Waals surface area contributed by atoms with Gasteiger partial charge >= 0.3 is 0 Å². The Morgan fingerprint density at radius 3 is 2.13 bits per heavy atom. The highest BCUT2D eigenvalue weighted by Crippen LogP contribution is 2.32. The van der Waals surface area contributed by atoms with Crippen LogP contribution in [-0.4, -0.2) is 13.3 Å². The molecule has 0 bridgehead atoms. The molecule has 1 aromatic carbocycles. The van der Waals surface area contributed by atoms with Crippen molar-refractivity contribution in [1.82, 2.24) is 0 Å². The molecule has 1 N–H and O–H groups in total. The van der Waals surface area contributed by atoms with Crippen molar-refractivity contribution in [2.45, 2.75) is 89.0 Å². The maximum Gasteiger partial charge on any atom is 0.123 e. The van der Waals surface area contributed by atoms with Crippen LogP contribution in [-0.2, 0) is 0 Å². The molecule has 0 aromatic heterocycles. The molecule has 0 unspecified atom stereocenters. The second kappa shape index (κ2) is 17.6. The van der Waals surface area contributed by atoms with Gasteiger partial charge in [0.2, 0.25) is 0 Å². The van der Waals surface area contributed by atoms with Gasteiger partial charge in [0.05, 0.1) is 18.5 Å². The van der Waals surface area contributed by atoms with E-state index in [1.807, 2.05) is 53.0 Å². The molecular formula is C27H46N2O. The fourth-order valence-electron chi connectivity index (χ4n) is 2.74. The minimum absolute atomic E-state index is 0.883. The van der Waals surface area contributed by atoms with Crippen LogP contribution in [0, 0.1) is 13.8 Å². The Morgan fingerprint density at radius 2 is 1.67 bits per heavy atom. The van der Waals surface area contributed by atoms with Crippen LogP contribution < -0.4 is 10.1 Å². The van der Waals surface area contributed by atoms with Crippen molar-refractivity contribution in [2.24, 2.45) is 4.99 Å². The second-order valence-corrected chi connectivity index (χ2v) is 6.45. The molecule has 0 aliphatic carbocycles. The number of allylic oxidation sites excluding steroid dienone is 4. The molecule has 0 heterocycles. The first-order valence-corrected chi connectivity index (χ1v) is 11.4. The highest BCUT2D eigenvalue weighted by molar-refractivity contribution is 5.68. The van der Waals surface area contributed by atoms with Crippen molar-refractivity contribution in [2.75, 3.05) is 12.4 Å². The average Bonchev–Trinajstić information content (AvgIpc) is 2.78. The van der Waals surface area contributed by atoms with E-state index in [2.05, 4.69) is 59.0 Å². The lowest BCUT2D eigenvalue weighted by atomic mass is 10.0. The Labute approximate surface area is 187 Å². The summed E-state index contributed by atoms with van der Waals surface area (Å²) in [5.41, 5.74) is 7.91. The summed E-state index contributed by atoms with van der Waals surface area (Å²) in [5, 5.41) is 3.62. The first-order valence-electron chi connectivity index (χ1n) is 11.4. The number of rotatable bonds is 8. The zero-order valence-corrected chi connectivity index (χ0v) is 21.7. The molecule has 0 saturated heterocycles. The number of nitrogens with one attached hydrogen (secondary N) is 1.